The summed E-state index contributed by atoms with van der Waals surface area (Å²) < 4.78 is 8.23. The van der Waals surface area contributed by atoms with Crippen molar-refractivity contribution < 1.29 is 9.66 Å². The molecule has 1 aliphatic carbocycles. The lowest BCUT2D eigenvalue weighted by Gasteiger charge is -2.14. The predicted molar refractivity (Wildman–Crippen MR) is 153 cm³/mol. The first-order valence-electron chi connectivity index (χ1n) is 13.2. The number of para-hydroxylation sites is 1. The fourth-order valence-electron chi connectivity index (χ4n) is 5.07. The molecule has 0 aliphatic heterocycles. The van der Waals surface area contributed by atoms with Crippen LogP contribution in [0.15, 0.2) is 70.7 Å². The molecule has 0 radical (unpaired) electrons. The van der Waals surface area contributed by atoms with E-state index in [2.05, 4.69) is 28.1 Å². The van der Waals surface area contributed by atoms with E-state index >= 15 is 0 Å². The Balaban J connectivity index is 1.43. The van der Waals surface area contributed by atoms with Gasteiger partial charge in [-0.05, 0) is 118 Å². The van der Waals surface area contributed by atoms with E-state index in [1.165, 1.54) is 28.5 Å². The van der Waals surface area contributed by atoms with E-state index in [9.17, 15) is 10.1 Å². The zero-order chi connectivity index (χ0) is 27.4. The van der Waals surface area contributed by atoms with Gasteiger partial charge in [0.25, 0.3) is 5.69 Å². The molecule has 202 valence electrons. The Labute approximate surface area is 233 Å². The molecule has 0 bridgehead atoms. The molecule has 8 nitrogen and oxygen atoms in total. The maximum Gasteiger partial charge on any atom is 0.283 e. The zero-order valence-electron chi connectivity index (χ0n) is 22.6. The van der Waals surface area contributed by atoms with E-state index in [4.69, 9.17) is 4.74 Å². The summed E-state index contributed by atoms with van der Waals surface area (Å²) in [5.74, 6) is 1.53. The van der Waals surface area contributed by atoms with Crippen molar-refractivity contribution in [3.8, 4) is 11.4 Å². The van der Waals surface area contributed by atoms with Gasteiger partial charge in [-0.1, -0.05) is 30.3 Å². The van der Waals surface area contributed by atoms with Gasteiger partial charge in [0.1, 0.15) is 12.4 Å². The van der Waals surface area contributed by atoms with Gasteiger partial charge in [-0.2, -0.15) is 0 Å². The Bertz CT molecular complexity index is 1470. The first-order valence-corrected chi connectivity index (χ1v) is 14.1. The Hall–Kier alpha value is -3.69. The summed E-state index contributed by atoms with van der Waals surface area (Å²) in [5.41, 5.74) is 5.91. The van der Waals surface area contributed by atoms with Crippen LogP contribution in [0.25, 0.3) is 5.69 Å². The fourth-order valence-corrected chi connectivity index (χ4v) is 6.03. The number of aryl methyl sites for hydroxylation is 2. The van der Waals surface area contributed by atoms with Crippen LogP contribution < -0.4 is 4.74 Å². The lowest BCUT2D eigenvalue weighted by molar-refractivity contribution is -0.387. The summed E-state index contributed by atoms with van der Waals surface area (Å²) in [6.45, 7) is 3.32. The monoisotopic (exact) mass is 543 g/mol. The van der Waals surface area contributed by atoms with Crippen LogP contribution in [0, 0.1) is 17.0 Å². The molecule has 9 heteroatoms. The third-order valence-electron chi connectivity index (χ3n) is 7.04. The van der Waals surface area contributed by atoms with Crippen LogP contribution in [0.5, 0.6) is 5.75 Å². The topological polar surface area (TPSA) is 86.3 Å². The number of fused-ring (bicyclic) bond motifs is 1. The first-order chi connectivity index (χ1) is 18.9. The number of hydrogen-bond donors (Lipinski definition) is 0. The molecule has 0 spiro atoms. The average Bonchev–Trinajstić information content (AvgIpc) is 3.58. The summed E-state index contributed by atoms with van der Waals surface area (Å²) in [4.78, 5) is 14.3. The molecule has 0 unspecified atom stereocenters. The second kappa shape index (κ2) is 12.0. The Morgan fingerprint density at radius 1 is 1.05 bits per heavy atom. The molecule has 3 aromatic carbocycles. The molecule has 1 heterocycles. The van der Waals surface area contributed by atoms with Crippen molar-refractivity contribution in [2.45, 2.75) is 55.7 Å². The largest absolute Gasteiger partial charge is 0.485 e. The molecular weight excluding hydrogens is 510 g/mol. The summed E-state index contributed by atoms with van der Waals surface area (Å²) in [6.07, 6.45) is 4.98. The van der Waals surface area contributed by atoms with E-state index in [0.29, 0.717) is 15.9 Å². The van der Waals surface area contributed by atoms with Crippen molar-refractivity contribution in [1.29, 1.82) is 0 Å². The van der Waals surface area contributed by atoms with Gasteiger partial charge in [0.2, 0.25) is 5.16 Å². The van der Waals surface area contributed by atoms with Crippen molar-refractivity contribution in [3.05, 3.63) is 98.9 Å². The summed E-state index contributed by atoms with van der Waals surface area (Å²) in [5, 5.41) is 21.5. The van der Waals surface area contributed by atoms with Crippen LogP contribution in [0.4, 0.5) is 5.69 Å². The van der Waals surface area contributed by atoms with E-state index in [0.717, 1.165) is 55.6 Å². The Morgan fingerprint density at radius 2 is 1.85 bits per heavy atom. The second-order valence-electron chi connectivity index (χ2n) is 10.1. The van der Waals surface area contributed by atoms with Gasteiger partial charge in [0, 0.05) is 11.8 Å². The molecule has 0 amide bonds. The average molecular weight is 544 g/mol. The second-order valence-corrected chi connectivity index (χ2v) is 11.1. The molecular formula is C30H33N5O3S. The minimum Gasteiger partial charge on any atom is -0.485 e. The third kappa shape index (κ3) is 6.15. The Kier molecular flexibility index (Phi) is 8.28. The van der Waals surface area contributed by atoms with Gasteiger partial charge in [0.05, 0.1) is 9.82 Å². The minimum absolute atomic E-state index is 0.0815. The maximum absolute atomic E-state index is 12.0. The molecule has 39 heavy (non-hydrogen) atoms. The maximum atomic E-state index is 12.0. The normalized spacial score (nSPS) is 12.6. The molecule has 1 aliphatic rings. The third-order valence-corrected chi connectivity index (χ3v) is 8.05. The van der Waals surface area contributed by atoms with Gasteiger partial charge >= 0.3 is 0 Å². The van der Waals surface area contributed by atoms with E-state index in [1.807, 2.05) is 67.2 Å². The number of nitro benzene ring substituents is 1. The van der Waals surface area contributed by atoms with Gasteiger partial charge in [-0.25, -0.2) is 0 Å². The molecule has 5 rings (SSSR count). The van der Waals surface area contributed by atoms with Crippen molar-refractivity contribution in [2.24, 2.45) is 0 Å². The van der Waals surface area contributed by atoms with Crippen molar-refractivity contribution in [3.63, 3.8) is 0 Å². The van der Waals surface area contributed by atoms with E-state index < -0.39 is 0 Å². The number of nitrogens with zero attached hydrogens (tertiary/aromatic N) is 5. The molecule has 4 aromatic rings. The van der Waals surface area contributed by atoms with E-state index in [1.54, 1.807) is 6.07 Å². The smallest absolute Gasteiger partial charge is 0.283 e. The van der Waals surface area contributed by atoms with Gasteiger partial charge in [-0.15, -0.1) is 10.2 Å². The molecule has 0 saturated heterocycles. The van der Waals surface area contributed by atoms with Crippen LogP contribution in [0.1, 0.15) is 40.9 Å². The number of nitro groups is 1. The lowest BCUT2D eigenvalue weighted by atomic mass is 10.0. The van der Waals surface area contributed by atoms with Gasteiger partial charge in [-0.3, -0.25) is 14.7 Å². The SMILES string of the molecule is Cc1ccc(OCc2nnc(Sc3ccc(CCCN(C)C)cc3[N+](=O)[O-])n2-c2ccccc2)c2c1CCC2. The molecule has 0 atom stereocenters. The quantitative estimate of drug-likeness (QED) is 0.164. The zero-order valence-corrected chi connectivity index (χ0v) is 23.4. The highest BCUT2D eigenvalue weighted by Gasteiger charge is 2.23. The van der Waals surface area contributed by atoms with Gasteiger partial charge < -0.3 is 9.64 Å². The summed E-state index contributed by atoms with van der Waals surface area (Å²) in [7, 11) is 4.05. The van der Waals surface area contributed by atoms with Crippen molar-refractivity contribution >= 4 is 17.4 Å². The van der Waals surface area contributed by atoms with Crippen LogP contribution >= 0.6 is 11.8 Å². The fraction of sp³-hybridized carbons (Fsp3) is 0.333. The summed E-state index contributed by atoms with van der Waals surface area (Å²) >= 11 is 1.25. The van der Waals surface area contributed by atoms with Crippen molar-refractivity contribution in [2.75, 3.05) is 20.6 Å². The molecule has 0 saturated carbocycles. The highest BCUT2D eigenvalue weighted by Crippen LogP contribution is 2.37. The van der Waals surface area contributed by atoms with Crippen LogP contribution in [0.3, 0.4) is 0 Å². The summed E-state index contributed by atoms with van der Waals surface area (Å²) in [6, 6.07) is 19.4. The van der Waals surface area contributed by atoms with E-state index in [-0.39, 0.29) is 17.2 Å². The standard InChI is InChI=1S/C30H33N5O3S/c1-21-14-16-27(25-13-7-12-24(21)25)38-20-29-31-32-30(34(29)23-10-5-4-6-11-23)39-28-17-15-22(9-8-18-33(2)3)19-26(28)35(36)37/h4-6,10-11,14-17,19H,7-9,12-13,18,20H2,1-3H3. The number of hydrogen-bond acceptors (Lipinski definition) is 7. The first kappa shape index (κ1) is 26.9. The highest BCUT2D eigenvalue weighted by molar-refractivity contribution is 7.99. The van der Waals surface area contributed by atoms with Crippen LogP contribution in [0.2, 0.25) is 0 Å². The number of ether oxygens (including phenoxy) is 1. The number of rotatable bonds is 11. The molecule has 0 N–H and O–H groups in total. The number of aromatic nitrogens is 3. The van der Waals surface area contributed by atoms with Crippen LogP contribution in [-0.4, -0.2) is 45.2 Å². The highest BCUT2D eigenvalue weighted by atomic mass is 32.2. The van der Waals surface area contributed by atoms with Crippen LogP contribution in [-0.2, 0) is 25.9 Å². The number of benzene rings is 3. The predicted octanol–water partition coefficient (Wildman–Crippen LogP) is 6.20. The molecule has 1 aromatic heterocycles. The minimum atomic E-state index is -0.316. The Morgan fingerprint density at radius 3 is 2.62 bits per heavy atom. The van der Waals surface area contributed by atoms with Gasteiger partial charge in [0.15, 0.2) is 5.82 Å². The lowest BCUT2D eigenvalue weighted by Crippen LogP contribution is -2.13. The molecule has 0 fully saturated rings. The van der Waals surface area contributed by atoms with Crippen molar-refractivity contribution in [1.82, 2.24) is 19.7 Å².